The molecule has 0 heterocycles. The summed E-state index contributed by atoms with van der Waals surface area (Å²) < 4.78 is 9.60. The molecule has 12 N–H and O–H groups in total. The maximum atomic E-state index is 9.98. The fourth-order valence-corrected chi connectivity index (χ4v) is 1.60. The normalized spacial score (nSPS) is 7.79. The van der Waals surface area contributed by atoms with Gasteiger partial charge in [-0.05, 0) is 48.5 Å². The maximum Gasteiger partial charge on any atom is 2.00 e. The summed E-state index contributed by atoms with van der Waals surface area (Å²) in [6.07, 6.45) is 0. The van der Waals surface area contributed by atoms with E-state index < -0.39 is 25.2 Å². The molecule has 2 aromatic carbocycles. The molecule has 168 valence electrons. The van der Waals surface area contributed by atoms with Crippen molar-refractivity contribution in [3.8, 4) is 11.5 Å². The molecule has 0 saturated heterocycles. The second-order valence-corrected chi connectivity index (χ2v) is 5.10. The summed E-state index contributed by atoms with van der Waals surface area (Å²) in [5.74, 6) is -1.57. The molecular weight excluding hydrogens is 482 g/mol. The topological polar surface area (TPSA) is 231 Å². The van der Waals surface area contributed by atoms with Crippen LogP contribution in [0.15, 0.2) is 48.5 Å². The number of halogens is 2. The van der Waals surface area contributed by atoms with Crippen molar-refractivity contribution in [3.05, 3.63) is 58.6 Å². The number of benzene rings is 2. The van der Waals surface area contributed by atoms with Crippen molar-refractivity contribution in [1.29, 1.82) is 0 Å². The standard InChI is InChI=1S/2C8H7ClO3.Ni.4H2O/c2*9-6-1-3-7(4-2-6)12-5-8(10)11;;;;;/h2*1-4H,5H2,(H,10,11);;4*1H2/q;;+2;;;;/p+2. The van der Waals surface area contributed by atoms with Crippen LogP contribution in [0, 0.1) is 0 Å². The third kappa shape index (κ3) is 19.0. The molecule has 29 heavy (non-hydrogen) atoms. The molecule has 0 unspecified atom stereocenters. The summed E-state index contributed by atoms with van der Waals surface area (Å²) in [5, 5.41) is 21.1. The fourth-order valence-electron chi connectivity index (χ4n) is 1.35. The Hall–Kier alpha value is -2.11. The van der Waals surface area contributed by atoms with E-state index in [0.717, 1.165) is 0 Å². The first-order valence-electron chi connectivity index (χ1n) is 6.53. The van der Waals surface area contributed by atoms with Crippen molar-refractivity contribution in [2.45, 2.75) is 0 Å². The zero-order chi connectivity index (χ0) is 17.9. The van der Waals surface area contributed by atoms with Crippen molar-refractivity contribution < 1.29 is 67.7 Å². The molecule has 0 saturated carbocycles. The first-order chi connectivity index (χ1) is 11.4. The van der Waals surface area contributed by atoms with E-state index in [9.17, 15) is 19.8 Å². The summed E-state index contributed by atoms with van der Waals surface area (Å²) >= 11 is 11.2. The van der Waals surface area contributed by atoms with Crippen molar-refractivity contribution in [2.75, 3.05) is 13.2 Å². The Morgan fingerprint density at radius 1 is 0.655 bits per heavy atom. The average molecular weight is 506 g/mol. The number of carboxylic acids is 2. The molecule has 0 aliphatic carbocycles. The van der Waals surface area contributed by atoms with Crippen LogP contribution in [0.1, 0.15) is 0 Å². The first-order valence-corrected chi connectivity index (χ1v) is 7.29. The van der Waals surface area contributed by atoms with Gasteiger partial charge in [0, 0.05) is 10.0 Å². The minimum absolute atomic E-state index is 0. The zero-order valence-electron chi connectivity index (χ0n) is 14.9. The molecule has 0 amide bonds. The average Bonchev–Trinajstić information content (AvgIpc) is 2.54. The van der Waals surface area contributed by atoms with E-state index in [1.165, 1.54) is 0 Å². The van der Waals surface area contributed by atoms with Crippen molar-refractivity contribution >= 4 is 35.1 Å². The van der Waals surface area contributed by atoms with Crippen molar-refractivity contribution in [2.24, 2.45) is 0 Å². The molecule has 0 aliphatic heterocycles. The van der Waals surface area contributed by atoms with E-state index in [-0.39, 0.29) is 38.4 Å². The Kier molecular flexibility index (Phi) is 26.8. The van der Waals surface area contributed by atoms with Crippen LogP contribution in [-0.4, -0.2) is 25.2 Å². The van der Waals surface area contributed by atoms with E-state index in [1.54, 1.807) is 48.5 Å². The quantitative estimate of drug-likeness (QED) is 0.297. The molecular formula is C16H24Cl2NiO10+4. The van der Waals surface area contributed by atoms with Gasteiger partial charge in [-0.1, -0.05) is 23.2 Å². The van der Waals surface area contributed by atoms with Crippen LogP contribution in [0.2, 0.25) is 10.0 Å². The molecule has 0 bridgehead atoms. The molecule has 0 aliphatic rings. The van der Waals surface area contributed by atoms with Gasteiger partial charge in [-0.2, -0.15) is 0 Å². The number of hydrogen-bond acceptors (Lipinski definition) is 6. The number of carbonyl (C=O) groups is 2. The number of hydrogen-bond donors (Lipinski definition) is 0. The van der Waals surface area contributed by atoms with Crippen LogP contribution in [0.25, 0.3) is 0 Å². The molecule has 0 fully saturated rings. The molecule has 0 spiro atoms. The molecule has 0 radical (unpaired) electrons. The largest absolute Gasteiger partial charge is 2.00 e. The van der Waals surface area contributed by atoms with Crippen LogP contribution in [0.3, 0.4) is 0 Å². The predicted octanol–water partition coefficient (Wildman–Crippen LogP) is -2.75. The van der Waals surface area contributed by atoms with Crippen LogP contribution in [-0.2, 0) is 48.0 Å². The Bertz CT molecular complexity index is 609. The van der Waals surface area contributed by atoms with Gasteiger partial charge in [0.1, 0.15) is 24.7 Å². The predicted molar refractivity (Wildman–Crippen MR) is 103 cm³/mol. The van der Waals surface area contributed by atoms with Gasteiger partial charge in [0.15, 0.2) is 0 Å². The van der Waals surface area contributed by atoms with Crippen LogP contribution < -0.4 is 19.7 Å². The van der Waals surface area contributed by atoms with Crippen LogP contribution >= 0.6 is 23.2 Å². The Morgan fingerprint density at radius 2 is 0.897 bits per heavy atom. The minimum atomic E-state index is -1.25. The summed E-state index contributed by atoms with van der Waals surface area (Å²) in [4.78, 5) is 20.0. The van der Waals surface area contributed by atoms with E-state index in [4.69, 9.17) is 32.7 Å². The van der Waals surface area contributed by atoms with Gasteiger partial charge in [-0.15, -0.1) is 0 Å². The molecule has 2 rings (SSSR count). The number of carboxylic acid groups (broad SMARTS) is 2. The Labute approximate surface area is 186 Å². The number of rotatable bonds is 6. The van der Waals surface area contributed by atoms with Gasteiger partial charge in [0.2, 0.25) is 0 Å². The van der Waals surface area contributed by atoms with Gasteiger partial charge >= 0.3 is 16.5 Å². The number of aliphatic carboxylic acids is 2. The van der Waals surface area contributed by atoms with E-state index >= 15 is 0 Å². The summed E-state index contributed by atoms with van der Waals surface area (Å²) in [5.41, 5.74) is 0. The minimum Gasteiger partial charge on any atom is -0.546 e. The maximum absolute atomic E-state index is 9.98. The summed E-state index contributed by atoms with van der Waals surface area (Å²) in [6, 6.07) is 12.8. The molecule has 0 aromatic heterocycles. The molecule has 2 aromatic rings. The third-order valence-electron chi connectivity index (χ3n) is 2.34. The van der Waals surface area contributed by atoms with Crippen molar-refractivity contribution in [1.82, 2.24) is 0 Å². The Morgan fingerprint density at radius 3 is 1.10 bits per heavy atom. The molecule has 10 nitrogen and oxygen atoms in total. The van der Waals surface area contributed by atoms with E-state index in [2.05, 4.69) is 0 Å². The summed E-state index contributed by atoms with van der Waals surface area (Å²) in [7, 11) is 0. The second-order valence-electron chi connectivity index (χ2n) is 4.23. The van der Waals surface area contributed by atoms with Crippen LogP contribution in [0.4, 0.5) is 0 Å². The van der Waals surface area contributed by atoms with Gasteiger partial charge in [0.25, 0.3) is 0 Å². The fraction of sp³-hybridized carbons (Fsp3) is 0.125. The van der Waals surface area contributed by atoms with Gasteiger partial charge in [-0.25, -0.2) is 0 Å². The second kappa shape index (κ2) is 20.6. The third-order valence-corrected chi connectivity index (χ3v) is 2.84. The Balaban J connectivity index is -0.000000113. The monoisotopic (exact) mass is 504 g/mol. The number of ether oxygens (including phenoxy) is 2. The van der Waals surface area contributed by atoms with Crippen LogP contribution in [0.5, 0.6) is 11.5 Å². The smallest absolute Gasteiger partial charge is 0.546 e. The van der Waals surface area contributed by atoms with Crippen molar-refractivity contribution in [3.63, 3.8) is 0 Å². The SMILES string of the molecule is O=C([O-])COc1ccc(Cl)cc1.O=C([O-])COc1ccc(Cl)cc1.[Ni+2].[OH3+].[OH3+].[OH3+].[OH3+]. The molecule has 0 atom stereocenters. The van der Waals surface area contributed by atoms with E-state index in [1.807, 2.05) is 0 Å². The zero-order valence-corrected chi connectivity index (χ0v) is 17.4. The van der Waals surface area contributed by atoms with Gasteiger partial charge < -0.3 is 51.2 Å². The van der Waals surface area contributed by atoms with Gasteiger partial charge in [-0.3, -0.25) is 0 Å². The summed E-state index contributed by atoms with van der Waals surface area (Å²) in [6.45, 7) is -0.886. The first kappa shape index (κ1) is 37.6. The van der Waals surface area contributed by atoms with Gasteiger partial charge in [0.05, 0.1) is 11.9 Å². The molecule has 13 heteroatoms. The van der Waals surface area contributed by atoms with E-state index in [0.29, 0.717) is 21.5 Å². The number of carbonyl (C=O) groups excluding carboxylic acids is 2.